The molecule has 0 aromatic heterocycles. The molecule has 2 heteroatoms. The Morgan fingerprint density at radius 1 is 0.933 bits per heavy atom. The molecule has 0 saturated heterocycles. The number of aliphatic hydroxyl groups is 1. The van der Waals surface area contributed by atoms with Gasteiger partial charge in [-0.05, 0) is 39.0 Å². The standard InChI is InChI=1S/C13H25NO/c1-12(7-6-8-12)14-11-13(15)9-4-2-3-5-10-13/h14-15H,2-11H2,1H3. The highest BCUT2D eigenvalue weighted by Gasteiger charge is 2.35. The molecule has 2 aliphatic rings. The van der Waals surface area contributed by atoms with E-state index in [0.717, 1.165) is 19.4 Å². The molecule has 2 rings (SSSR count). The Morgan fingerprint density at radius 3 is 2.00 bits per heavy atom. The van der Waals surface area contributed by atoms with Gasteiger partial charge in [-0.15, -0.1) is 0 Å². The van der Waals surface area contributed by atoms with Crippen molar-refractivity contribution in [1.29, 1.82) is 0 Å². The topological polar surface area (TPSA) is 32.3 Å². The lowest BCUT2D eigenvalue weighted by Crippen LogP contribution is -2.54. The van der Waals surface area contributed by atoms with Gasteiger partial charge >= 0.3 is 0 Å². The molecule has 2 saturated carbocycles. The summed E-state index contributed by atoms with van der Waals surface area (Å²) in [5.74, 6) is 0. The lowest BCUT2D eigenvalue weighted by molar-refractivity contribution is 0.0118. The van der Waals surface area contributed by atoms with E-state index in [0.29, 0.717) is 5.54 Å². The summed E-state index contributed by atoms with van der Waals surface area (Å²) in [6.07, 6.45) is 10.9. The maximum Gasteiger partial charge on any atom is 0.0771 e. The molecule has 2 aliphatic carbocycles. The van der Waals surface area contributed by atoms with E-state index >= 15 is 0 Å². The molecule has 0 bridgehead atoms. The maximum atomic E-state index is 10.5. The molecule has 0 aromatic carbocycles. The van der Waals surface area contributed by atoms with Crippen LogP contribution in [0.3, 0.4) is 0 Å². The van der Waals surface area contributed by atoms with E-state index in [4.69, 9.17) is 0 Å². The second-order valence-corrected chi connectivity index (χ2v) is 5.91. The summed E-state index contributed by atoms with van der Waals surface area (Å²) in [5, 5.41) is 14.1. The molecule has 15 heavy (non-hydrogen) atoms. The van der Waals surface area contributed by atoms with Gasteiger partial charge in [0.05, 0.1) is 5.60 Å². The van der Waals surface area contributed by atoms with Crippen LogP contribution in [0.15, 0.2) is 0 Å². The van der Waals surface area contributed by atoms with Gasteiger partial charge in [-0.1, -0.05) is 25.7 Å². The Bertz CT molecular complexity index is 203. The fourth-order valence-electron chi connectivity index (χ4n) is 2.83. The fourth-order valence-corrected chi connectivity index (χ4v) is 2.83. The van der Waals surface area contributed by atoms with Crippen LogP contribution < -0.4 is 5.32 Å². The Hall–Kier alpha value is -0.0800. The van der Waals surface area contributed by atoms with Crippen molar-refractivity contribution in [3.63, 3.8) is 0 Å². The zero-order chi connectivity index (χ0) is 10.8. The summed E-state index contributed by atoms with van der Waals surface area (Å²) in [5.41, 5.74) is -0.0723. The average Bonchev–Trinajstić information content (AvgIpc) is 2.38. The average molecular weight is 211 g/mol. The molecule has 0 atom stereocenters. The highest BCUT2D eigenvalue weighted by Crippen LogP contribution is 2.33. The van der Waals surface area contributed by atoms with Crippen LogP contribution in [-0.4, -0.2) is 22.8 Å². The fraction of sp³-hybridized carbons (Fsp3) is 1.00. The van der Waals surface area contributed by atoms with E-state index in [1.807, 2.05) is 0 Å². The molecule has 0 radical (unpaired) electrons. The Labute approximate surface area is 93.5 Å². The van der Waals surface area contributed by atoms with Crippen molar-refractivity contribution in [2.24, 2.45) is 0 Å². The highest BCUT2D eigenvalue weighted by molar-refractivity contribution is 4.94. The van der Waals surface area contributed by atoms with Gasteiger partial charge in [0.15, 0.2) is 0 Å². The van der Waals surface area contributed by atoms with E-state index in [-0.39, 0.29) is 0 Å². The Morgan fingerprint density at radius 2 is 1.53 bits per heavy atom. The molecular formula is C13H25NO. The lowest BCUT2D eigenvalue weighted by atomic mass is 9.78. The van der Waals surface area contributed by atoms with Gasteiger partial charge in [0, 0.05) is 12.1 Å². The summed E-state index contributed by atoms with van der Waals surface area (Å²) in [6, 6.07) is 0. The van der Waals surface area contributed by atoms with Crippen molar-refractivity contribution in [1.82, 2.24) is 5.32 Å². The molecule has 88 valence electrons. The van der Waals surface area contributed by atoms with Crippen molar-refractivity contribution in [2.45, 2.75) is 75.9 Å². The molecule has 0 aromatic rings. The minimum Gasteiger partial charge on any atom is -0.389 e. The Balaban J connectivity index is 1.80. The molecular weight excluding hydrogens is 186 g/mol. The molecule has 0 heterocycles. The van der Waals surface area contributed by atoms with Gasteiger partial charge in [0.25, 0.3) is 0 Å². The van der Waals surface area contributed by atoms with Gasteiger partial charge in [-0.2, -0.15) is 0 Å². The first-order valence-corrected chi connectivity index (χ1v) is 6.59. The molecule has 0 unspecified atom stereocenters. The van der Waals surface area contributed by atoms with Crippen LogP contribution >= 0.6 is 0 Å². The van der Waals surface area contributed by atoms with Crippen molar-refractivity contribution in [3.05, 3.63) is 0 Å². The normalized spacial score (nSPS) is 29.2. The lowest BCUT2D eigenvalue weighted by Gasteiger charge is -2.42. The number of hydrogen-bond donors (Lipinski definition) is 2. The zero-order valence-corrected chi connectivity index (χ0v) is 10.0. The van der Waals surface area contributed by atoms with Gasteiger partial charge in [-0.3, -0.25) is 0 Å². The summed E-state index contributed by atoms with van der Waals surface area (Å²) in [4.78, 5) is 0. The largest absolute Gasteiger partial charge is 0.389 e. The molecule has 0 amide bonds. The highest BCUT2D eigenvalue weighted by atomic mass is 16.3. The quantitative estimate of drug-likeness (QED) is 0.703. The molecule has 2 nitrogen and oxygen atoms in total. The summed E-state index contributed by atoms with van der Waals surface area (Å²) >= 11 is 0. The first kappa shape index (κ1) is 11.4. The van der Waals surface area contributed by atoms with E-state index in [1.165, 1.54) is 44.9 Å². The van der Waals surface area contributed by atoms with Crippen LogP contribution in [0.2, 0.25) is 0 Å². The minimum atomic E-state index is -0.408. The number of rotatable bonds is 3. The van der Waals surface area contributed by atoms with Crippen molar-refractivity contribution in [2.75, 3.05) is 6.54 Å². The second-order valence-electron chi connectivity index (χ2n) is 5.91. The van der Waals surface area contributed by atoms with Crippen LogP contribution in [-0.2, 0) is 0 Å². The number of hydrogen-bond acceptors (Lipinski definition) is 2. The third kappa shape index (κ3) is 2.94. The van der Waals surface area contributed by atoms with E-state index < -0.39 is 5.60 Å². The van der Waals surface area contributed by atoms with Crippen LogP contribution in [0, 0.1) is 0 Å². The Kier molecular flexibility index (Phi) is 3.36. The van der Waals surface area contributed by atoms with Gasteiger partial charge in [0.2, 0.25) is 0 Å². The van der Waals surface area contributed by atoms with Crippen molar-refractivity contribution >= 4 is 0 Å². The van der Waals surface area contributed by atoms with Crippen LogP contribution in [0.5, 0.6) is 0 Å². The third-order valence-electron chi connectivity index (χ3n) is 4.34. The summed E-state index contributed by atoms with van der Waals surface area (Å²) < 4.78 is 0. The van der Waals surface area contributed by atoms with Gasteiger partial charge < -0.3 is 10.4 Å². The van der Waals surface area contributed by atoms with E-state index in [9.17, 15) is 5.11 Å². The smallest absolute Gasteiger partial charge is 0.0771 e. The summed E-state index contributed by atoms with van der Waals surface area (Å²) in [6.45, 7) is 3.10. The maximum absolute atomic E-state index is 10.5. The van der Waals surface area contributed by atoms with E-state index in [1.54, 1.807) is 0 Å². The first-order valence-electron chi connectivity index (χ1n) is 6.59. The summed E-state index contributed by atoms with van der Waals surface area (Å²) in [7, 11) is 0. The predicted molar refractivity (Wildman–Crippen MR) is 62.9 cm³/mol. The van der Waals surface area contributed by atoms with Gasteiger partial charge in [-0.25, -0.2) is 0 Å². The minimum absolute atomic E-state index is 0.335. The first-order chi connectivity index (χ1) is 7.12. The van der Waals surface area contributed by atoms with Crippen LogP contribution in [0.4, 0.5) is 0 Å². The van der Waals surface area contributed by atoms with Crippen molar-refractivity contribution in [3.8, 4) is 0 Å². The zero-order valence-electron chi connectivity index (χ0n) is 10.0. The number of β-amino-alcohol motifs (C(OH)–C–C–N with tert-alkyl or cyclic N) is 1. The monoisotopic (exact) mass is 211 g/mol. The van der Waals surface area contributed by atoms with Crippen LogP contribution in [0.25, 0.3) is 0 Å². The second kappa shape index (κ2) is 4.42. The van der Waals surface area contributed by atoms with Crippen LogP contribution in [0.1, 0.15) is 64.7 Å². The molecule has 2 N–H and O–H groups in total. The number of nitrogens with one attached hydrogen (secondary N) is 1. The molecule has 2 fully saturated rings. The van der Waals surface area contributed by atoms with Gasteiger partial charge in [0.1, 0.15) is 0 Å². The SMILES string of the molecule is CC1(NCC2(O)CCCCCC2)CCC1. The third-order valence-corrected chi connectivity index (χ3v) is 4.34. The molecule has 0 spiro atoms. The van der Waals surface area contributed by atoms with Crippen molar-refractivity contribution < 1.29 is 5.11 Å². The predicted octanol–water partition coefficient (Wildman–Crippen LogP) is 2.60. The molecule has 0 aliphatic heterocycles. The van der Waals surface area contributed by atoms with E-state index in [2.05, 4.69) is 12.2 Å².